The molecule has 0 bridgehead atoms. The molecule has 0 aromatic heterocycles. The number of nitrogens with one attached hydrogen (secondary N) is 3. The van der Waals surface area contributed by atoms with Gasteiger partial charge in [0.25, 0.3) is 0 Å². The lowest BCUT2D eigenvalue weighted by atomic mass is 9.95. The molecule has 1 heterocycles. The summed E-state index contributed by atoms with van der Waals surface area (Å²) in [5, 5.41) is 14.8. The summed E-state index contributed by atoms with van der Waals surface area (Å²) < 4.78 is 11.1. The molecule has 6 atom stereocenters. The first-order valence-electron chi connectivity index (χ1n) is 15.2. The van der Waals surface area contributed by atoms with Crippen molar-refractivity contribution in [2.75, 3.05) is 21.2 Å². The lowest BCUT2D eigenvalue weighted by molar-refractivity contribution is -0.152. The number of nitrogens with zero attached hydrogens (tertiary/aromatic N) is 2. The number of rotatable bonds is 8. The first-order valence-corrected chi connectivity index (χ1v) is 15.2. The van der Waals surface area contributed by atoms with Crippen molar-refractivity contribution in [1.82, 2.24) is 20.4 Å². The molecule has 1 saturated heterocycles. The fourth-order valence-corrected chi connectivity index (χ4v) is 5.05. The van der Waals surface area contributed by atoms with Gasteiger partial charge in [-0.15, -0.1) is 12.3 Å². The van der Waals surface area contributed by atoms with Crippen molar-refractivity contribution in [3.63, 3.8) is 0 Å². The summed E-state index contributed by atoms with van der Waals surface area (Å²) in [5.74, 6) is 0.213. The van der Waals surface area contributed by atoms with E-state index in [1.807, 2.05) is 26.0 Å². The van der Waals surface area contributed by atoms with Crippen LogP contribution in [0.1, 0.15) is 65.9 Å². The fourth-order valence-electron chi connectivity index (χ4n) is 5.05. The van der Waals surface area contributed by atoms with Gasteiger partial charge in [-0.3, -0.25) is 24.6 Å². The van der Waals surface area contributed by atoms with E-state index in [0.717, 1.165) is 5.56 Å². The van der Waals surface area contributed by atoms with Crippen molar-refractivity contribution < 1.29 is 28.7 Å². The zero-order valence-corrected chi connectivity index (χ0v) is 27.3. The van der Waals surface area contributed by atoms with Gasteiger partial charge in [0.05, 0.1) is 13.0 Å². The third kappa shape index (κ3) is 9.21. The van der Waals surface area contributed by atoms with Gasteiger partial charge < -0.3 is 29.9 Å². The van der Waals surface area contributed by atoms with Crippen molar-refractivity contribution >= 4 is 29.5 Å². The van der Waals surface area contributed by atoms with Crippen LogP contribution in [0.2, 0.25) is 0 Å². The molecular formula is C33H49N5O6. The number of carbonyl (C=O) groups is 4. The zero-order chi connectivity index (χ0) is 33.1. The molecule has 3 N–H and O–H groups in total. The van der Waals surface area contributed by atoms with Gasteiger partial charge >= 0.3 is 5.97 Å². The molecule has 0 aliphatic carbocycles. The molecule has 242 valence electrons. The number of terminal acetylenes is 1. The standard InChI is InChI=1S/C33H49N5O6/c1-10-12-13-14-25-21(5)33(42)44-27(11-2)29(34)38(8)26(19-23-15-17-24(43-9)18-16-23)31(40)36-28(20(3)4)32(41)37(7)22(6)30(39)35-25/h1,15-18,20-22,25-28,34H,11-14,19H2,2-9H3,(H,35,39)(H,36,40)/t21?,22-,25?,26-,27?,28-/m0/s1. The Morgan fingerprint density at radius 2 is 1.68 bits per heavy atom. The topological polar surface area (TPSA) is 141 Å². The van der Waals surface area contributed by atoms with Crippen molar-refractivity contribution in [1.29, 1.82) is 5.41 Å². The van der Waals surface area contributed by atoms with Gasteiger partial charge in [-0.05, 0) is 56.7 Å². The van der Waals surface area contributed by atoms with E-state index in [1.165, 1.54) is 16.8 Å². The Labute approximate surface area is 261 Å². The molecule has 1 aromatic carbocycles. The molecule has 3 unspecified atom stereocenters. The monoisotopic (exact) mass is 611 g/mol. The normalized spacial score (nSPS) is 26.1. The molecule has 3 amide bonds. The van der Waals surface area contributed by atoms with Gasteiger partial charge in [-0.1, -0.05) is 32.9 Å². The summed E-state index contributed by atoms with van der Waals surface area (Å²) >= 11 is 0. The second-order valence-corrected chi connectivity index (χ2v) is 11.8. The summed E-state index contributed by atoms with van der Waals surface area (Å²) in [6.07, 6.45) is 6.48. The summed E-state index contributed by atoms with van der Waals surface area (Å²) in [5.41, 5.74) is 0.809. The van der Waals surface area contributed by atoms with E-state index in [0.29, 0.717) is 31.4 Å². The lowest BCUT2D eigenvalue weighted by Crippen LogP contribution is -2.60. The van der Waals surface area contributed by atoms with E-state index in [2.05, 4.69) is 16.6 Å². The van der Waals surface area contributed by atoms with E-state index in [-0.39, 0.29) is 18.2 Å². The largest absolute Gasteiger partial charge is 0.497 e. The molecule has 2 rings (SSSR count). The summed E-state index contributed by atoms with van der Waals surface area (Å²) in [7, 11) is 4.70. The molecule has 11 heteroatoms. The highest BCUT2D eigenvalue weighted by Crippen LogP contribution is 2.20. The van der Waals surface area contributed by atoms with Gasteiger partial charge in [-0.2, -0.15) is 0 Å². The molecule has 11 nitrogen and oxygen atoms in total. The number of amidine groups is 1. The minimum Gasteiger partial charge on any atom is -0.497 e. The quantitative estimate of drug-likeness (QED) is 0.233. The highest BCUT2D eigenvalue weighted by molar-refractivity contribution is 5.96. The molecule has 0 radical (unpaired) electrons. The number of methoxy groups -OCH3 is 1. The second kappa shape index (κ2) is 16.7. The maximum absolute atomic E-state index is 13.9. The van der Waals surface area contributed by atoms with Crippen LogP contribution in [-0.2, 0) is 30.3 Å². The first-order chi connectivity index (χ1) is 20.8. The Morgan fingerprint density at radius 1 is 1.05 bits per heavy atom. The Balaban J connectivity index is 2.59. The SMILES string of the molecule is C#CCCCC1NC(=O)[C@H](C)N(C)C(=O)[C@H](C(C)C)NC(=O)[C@H](Cc2ccc(OC)cc2)N(C)C(=N)C(CC)OC(=O)C1C. The molecule has 1 fully saturated rings. The number of ether oxygens (including phenoxy) is 2. The molecule has 1 aromatic rings. The molecule has 44 heavy (non-hydrogen) atoms. The van der Waals surface area contributed by atoms with Crippen LogP contribution < -0.4 is 15.4 Å². The van der Waals surface area contributed by atoms with E-state index >= 15 is 0 Å². The number of cyclic esters (lactones) is 1. The Morgan fingerprint density at radius 3 is 2.23 bits per heavy atom. The first kappa shape index (κ1) is 36.1. The molecule has 0 spiro atoms. The number of esters is 1. The van der Waals surface area contributed by atoms with Gasteiger partial charge in [0, 0.05) is 33.0 Å². The van der Waals surface area contributed by atoms with Crippen LogP contribution in [0.25, 0.3) is 0 Å². The van der Waals surface area contributed by atoms with E-state index in [4.69, 9.17) is 21.3 Å². The number of benzene rings is 1. The lowest BCUT2D eigenvalue weighted by Gasteiger charge is -2.36. The van der Waals surface area contributed by atoms with Crippen molar-refractivity contribution in [3.8, 4) is 18.1 Å². The third-order valence-electron chi connectivity index (χ3n) is 8.35. The van der Waals surface area contributed by atoms with Crippen LogP contribution >= 0.6 is 0 Å². The Bertz CT molecular complexity index is 1210. The predicted octanol–water partition coefficient (Wildman–Crippen LogP) is 2.76. The average Bonchev–Trinajstić information content (AvgIpc) is 3.01. The molecule has 1 aliphatic rings. The minimum atomic E-state index is -0.941. The highest BCUT2D eigenvalue weighted by Gasteiger charge is 2.38. The number of carbonyl (C=O) groups excluding carboxylic acids is 4. The number of unbranched alkanes of at least 4 members (excludes halogenated alkanes) is 1. The maximum atomic E-state index is 13.9. The Kier molecular flexibility index (Phi) is 13.7. The number of amides is 3. The van der Waals surface area contributed by atoms with Crippen molar-refractivity contribution in [2.45, 2.75) is 97.0 Å². The average molecular weight is 612 g/mol. The summed E-state index contributed by atoms with van der Waals surface area (Å²) in [4.78, 5) is 57.3. The van der Waals surface area contributed by atoms with Crippen LogP contribution in [-0.4, -0.2) is 90.8 Å². The van der Waals surface area contributed by atoms with Gasteiger partial charge in [0.1, 0.15) is 29.7 Å². The van der Waals surface area contributed by atoms with E-state index < -0.39 is 59.9 Å². The number of likely N-dealkylation sites (N-methyl/N-ethyl adjacent to an activating group) is 2. The molecule has 1 aliphatic heterocycles. The predicted molar refractivity (Wildman–Crippen MR) is 169 cm³/mol. The number of hydrogen-bond donors (Lipinski definition) is 3. The fraction of sp³-hybridized carbons (Fsp3) is 0.606. The molecular weight excluding hydrogens is 562 g/mol. The van der Waals surface area contributed by atoms with Crippen LogP contribution in [0.3, 0.4) is 0 Å². The van der Waals surface area contributed by atoms with Crippen LogP contribution in [0, 0.1) is 29.6 Å². The minimum absolute atomic E-state index is 0.0557. The van der Waals surface area contributed by atoms with Gasteiger partial charge in [0.15, 0.2) is 6.10 Å². The van der Waals surface area contributed by atoms with E-state index in [1.54, 1.807) is 47.1 Å². The van der Waals surface area contributed by atoms with Crippen LogP contribution in [0.5, 0.6) is 5.75 Å². The maximum Gasteiger partial charge on any atom is 0.311 e. The van der Waals surface area contributed by atoms with Gasteiger partial charge in [0.2, 0.25) is 17.7 Å². The summed E-state index contributed by atoms with van der Waals surface area (Å²) in [6.45, 7) is 8.70. The van der Waals surface area contributed by atoms with Crippen LogP contribution in [0.4, 0.5) is 0 Å². The van der Waals surface area contributed by atoms with Gasteiger partial charge in [-0.25, -0.2) is 0 Å². The van der Waals surface area contributed by atoms with E-state index in [9.17, 15) is 19.2 Å². The third-order valence-corrected chi connectivity index (χ3v) is 8.35. The Hall–Kier alpha value is -4.07. The van der Waals surface area contributed by atoms with Crippen LogP contribution in [0.15, 0.2) is 24.3 Å². The highest BCUT2D eigenvalue weighted by atomic mass is 16.5. The van der Waals surface area contributed by atoms with Crippen molar-refractivity contribution in [2.24, 2.45) is 11.8 Å². The number of hydrogen-bond acceptors (Lipinski definition) is 7. The smallest absolute Gasteiger partial charge is 0.311 e. The van der Waals surface area contributed by atoms with Crippen molar-refractivity contribution in [3.05, 3.63) is 29.8 Å². The second-order valence-electron chi connectivity index (χ2n) is 11.8. The zero-order valence-electron chi connectivity index (χ0n) is 27.3. The summed E-state index contributed by atoms with van der Waals surface area (Å²) in [6, 6.07) is 3.91. The molecule has 0 saturated carbocycles.